The minimum absolute atomic E-state index is 0.229. The Morgan fingerprint density at radius 2 is 1.76 bits per heavy atom. The number of carboxylic acid groups (broad SMARTS) is 1. The molecule has 0 radical (unpaired) electrons. The maximum Gasteiger partial charge on any atom is 0.352 e. The second-order valence-corrected chi connectivity index (χ2v) is 8.67. The number of nitrogens with one attached hydrogen (secondary N) is 1. The van der Waals surface area contributed by atoms with Gasteiger partial charge in [0.05, 0.1) is 0 Å². The largest absolute Gasteiger partial charge is 0.477 e. The van der Waals surface area contributed by atoms with Gasteiger partial charge in [0.25, 0.3) is 0 Å². The van der Waals surface area contributed by atoms with Gasteiger partial charge in [-0.2, -0.15) is 0 Å². The van der Waals surface area contributed by atoms with Crippen LogP contribution in [0.5, 0.6) is 0 Å². The highest BCUT2D eigenvalue weighted by Gasteiger charge is 2.23. The molecule has 2 N–H and O–H groups in total. The van der Waals surface area contributed by atoms with Crippen molar-refractivity contribution < 1.29 is 14.3 Å². The predicted octanol–water partition coefficient (Wildman–Crippen LogP) is 5.95. The van der Waals surface area contributed by atoms with Crippen molar-refractivity contribution in [3.05, 3.63) is 107 Å². The average molecular weight is 445 g/mol. The van der Waals surface area contributed by atoms with Gasteiger partial charge in [-0.1, -0.05) is 54.6 Å². The van der Waals surface area contributed by atoms with Crippen LogP contribution in [0.3, 0.4) is 0 Å². The molecule has 1 atom stereocenters. The second kappa shape index (κ2) is 10.0. The summed E-state index contributed by atoms with van der Waals surface area (Å²) in [6, 6.07) is 22.8. The van der Waals surface area contributed by atoms with E-state index >= 15 is 0 Å². The SMILES string of the molecule is Cc1ccc2c(CNC(C)CCc3ccccc3)c(C(=O)O)n(Cc3ccc(F)cc3)c2c1. The molecule has 3 aromatic carbocycles. The molecule has 0 spiro atoms. The molecule has 1 aromatic heterocycles. The van der Waals surface area contributed by atoms with Crippen molar-refractivity contribution in [3.8, 4) is 0 Å². The summed E-state index contributed by atoms with van der Waals surface area (Å²) in [5.41, 5.74) is 5.16. The van der Waals surface area contributed by atoms with Crippen LogP contribution in [0.2, 0.25) is 0 Å². The topological polar surface area (TPSA) is 54.3 Å². The van der Waals surface area contributed by atoms with Crippen molar-refractivity contribution in [2.75, 3.05) is 0 Å². The number of aromatic carboxylic acids is 1. The van der Waals surface area contributed by atoms with E-state index in [-0.39, 0.29) is 17.6 Å². The van der Waals surface area contributed by atoms with E-state index in [4.69, 9.17) is 0 Å². The minimum atomic E-state index is -0.959. The van der Waals surface area contributed by atoms with Gasteiger partial charge in [0, 0.05) is 35.6 Å². The first kappa shape index (κ1) is 22.7. The number of hydrogen-bond donors (Lipinski definition) is 2. The van der Waals surface area contributed by atoms with Crippen molar-refractivity contribution in [2.45, 2.75) is 45.8 Å². The number of aryl methyl sites for hydroxylation is 2. The van der Waals surface area contributed by atoms with Crippen LogP contribution in [0.15, 0.2) is 72.8 Å². The van der Waals surface area contributed by atoms with Crippen LogP contribution in [0.1, 0.15) is 46.1 Å². The zero-order valence-electron chi connectivity index (χ0n) is 19.0. The van der Waals surface area contributed by atoms with Crippen LogP contribution in [-0.4, -0.2) is 21.7 Å². The molecule has 1 unspecified atom stereocenters. The molecule has 0 amide bonds. The summed E-state index contributed by atoms with van der Waals surface area (Å²) in [5, 5.41) is 14.6. The average Bonchev–Trinajstić information content (AvgIpc) is 3.11. The van der Waals surface area contributed by atoms with Gasteiger partial charge in [0.1, 0.15) is 11.5 Å². The van der Waals surface area contributed by atoms with Gasteiger partial charge in [0.15, 0.2) is 0 Å². The maximum atomic E-state index is 13.4. The highest BCUT2D eigenvalue weighted by molar-refractivity contribution is 5.98. The third kappa shape index (κ3) is 5.32. The monoisotopic (exact) mass is 444 g/mol. The number of nitrogens with zero attached hydrogens (tertiary/aromatic N) is 1. The summed E-state index contributed by atoms with van der Waals surface area (Å²) >= 11 is 0. The molecule has 0 aliphatic rings. The summed E-state index contributed by atoms with van der Waals surface area (Å²) in [6.07, 6.45) is 1.92. The summed E-state index contributed by atoms with van der Waals surface area (Å²) in [7, 11) is 0. The van der Waals surface area contributed by atoms with Crippen LogP contribution in [-0.2, 0) is 19.5 Å². The van der Waals surface area contributed by atoms with E-state index in [1.165, 1.54) is 17.7 Å². The smallest absolute Gasteiger partial charge is 0.352 e. The third-order valence-electron chi connectivity index (χ3n) is 6.12. The van der Waals surface area contributed by atoms with Gasteiger partial charge in [-0.05, 0) is 61.6 Å². The van der Waals surface area contributed by atoms with Crippen LogP contribution in [0.4, 0.5) is 4.39 Å². The summed E-state index contributed by atoms with van der Waals surface area (Å²) in [4.78, 5) is 12.4. The van der Waals surface area contributed by atoms with Crippen molar-refractivity contribution >= 4 is 16.9 Å². The van der Waals surface area contributed by atoms with E-state index in [9.17, 15) is 14.3 Å². The molecule has 4 aromatic rings. The summed E-state index contributed by atoms with van der Waals surface area (Å²) in [6.45, 7) is 4.96. The van der Waals surface area contributed by atoms with Gasteiger partial charge in [0.2, 0.25) is 0 Å². The lowest BCUT2D eigenvalue weighted by Crippen LogP contribution is -2.27. The fourth-order valence-electron chi connectivity index (χ4n) is 4.30. The van der Waals surface area contributed by atoms with Gasteiger partial charge in [-0.25, -0.2) is 9.18 Å². The molecular formula is C28H29FN2O2. The second-order valence-electron chi connectivity index (χ2n) is 8.67. The number of halogens is 1. The molecule has 4 nitrogen and oxygen atoms in total. The van der Waals surface area contributed by atoms with Crippen LogP contribution in [0, 0.1) is 12.7 Å². The molecule has 0 bridgehead atoms. The molecule has 33 heavy (non-hydrogen) atoms. The molecule has 0 saturated carbocycles. The fraction of sp³-hybridized carbons (Fsp3) is 0.250. The number of carboxylic acids is 1. The Morgan fingerprint density at radius 3 is 2.45 bits per heavy atom. The number of benzene rings is 3. The first-order chi connectivity index (χ1) is 15.9. The van der Waals surface area contributed by atoms with Crippen molar-refractivity contribution in [1.29, 1.82) is 0 Å². The molecule has 1 heterocycles. The lowest BCUT2D eigenvalue weighted by Gasteiger charge is -2.15. The zero-order valence-corrected chi connectivity index (χ0v) is 19.0. The number of rotatable bonds is 9. The maximum absolute atomic E-state index is 13.4. The van der Waals surface area contributed by atoms with Gasteiger partial charge >= 0.3 is 5.97 Å². The van der Waals surface area contributed by atoms with Crippen molar-refractivity contribution in [3.63, 3.8) is 0 Å². The quantitative estimate of drug-likeness (QED) is 0.336. The Labute approximate surface area is 193 Å². The molecule has 0 saturated heterocycles. The Bertz CT molecular complexity index is 1250. The third-order valence-corrected chi connectivity index (χ3v) is 6.12. The summed E-state index contributed by atoms with van der Waals surface area (Å²) in [5.74, 6) is -1.26. The first-order valence-corrected chi connectivity index (χ1v) is 11.3. The van der Waals surface area contributed by atoms with E-state index in [0.717, 1.165) is 40.4 Å². The van der Waals surface area contributed by atoms with E-state index in [2.05, 4.69) is 24.4 Å². The Morgan fingerprint density at radius 1 is 1.03 bits per heavy atom. The highest BCUT2D eigenvalue weighted by Crippen LogP contribution is 2.29. The number of aromatic nitrogens is 1. The predicted molar refractivity (Wildman–Crippen MR) is 130 cm³/mol. The molecular weight excluding hydrogens is 415 g/mol. The molecule has 0 fully saturated rings. The Balaban J connectivity index is 1.62. The van der Waals surface area contributed by atoms with Crippen LogP contribution >= 0.6 is 0 Å². The lowest BCUT2D eigenvalue weighted by molar-refractivity contribution is 0.0684. The molecule has 0 aliphatic heterocycles. The highest BCUT2D eigenvalue weighted by atomic mass is 19.1. The Kier molecular flexibility index (Phi) is 6.90. The van der Waals surface area contributed by atoms with E-state index in [1.54, 1.807) is 12.1 Å². The van der Waals surface area contributed by atoms with Gasteiger partial charge in [-0.15, -0.1) is 0 Å². The zero-order chi connectivity index (χ0) is 23.4. The fourth-order valence-corrected chi connectivity index (χ4v) is 4.30. The lowest BCUT2D eigenvalue weighted by atomic mass is 10.1. The first-order valence-electron chi connectivity index (χ1n) is 11.3. The van der Waals surface area contributed by atoms with E-state index < -0.39 is 5.97 Å². The van der Waals surface area contributed by atoms with E-state index in [1.807, 2.05) is 47.9 Å². The van der Waals surface area contributed by atoms with Gasteiger partial charge < -0.3 is 15.0 Å². The number of fused-ring (bicyclic) bond motifs is 1. The normalized spacial score (nSPS) is 12.2. The molecule has 5 heteroatoms. The van der Waals surface area contributed by atoms with Crippen molar-refractivity contribution in [1.82, 2.24) is 9.88 Å². The Hall–Kier alpha value is -3.44. The van der Waals surface area contributed by atoms with Gasteiger partial charge in [-0.3, -0.25) is 0 Å². The molecule has 0 aliphatic carbocycles. The molecule has 4 rings (SSSR count). The molecule has 170 valence electrons. The number of hydrogen-bond acceptors (Lipinski definition) is 2. The van der Waals surface area contributed by atoms with Crippen LogP contribution in [0.25, 0.3) is 10.9 Å². The van der Waals surface area contributed by atoms with Crippen molar-refractivity contribution in [2.24, 2.45) is 0 Å². The summed E-state index contributed by atoms with van der Waals surface area (Å²) < 4.78 is 15.2. The standard InChI is InChI=1S/C28H29FN2O2/c1-19-8-15-24-25(17-30-20(2)9-10-21-6-4-3-5-7-21)27(28(32)33)31(26(24)16-19)18-22-11-13-23(29)14-12-22/h3-8,11-16,20,30H,9-10,17-18H2,1-2H3,(H,32,33). The minimum Gasteiger partial charge on any atom is -0.477 e. The van der Waals surface area contributed by atoms with Crippen LogP contribution < -0.4 is 5.32 Å². The van der Waals surface area contributed by atoms with E-state index in [0.29, 0.717) is 13.1 Å². The number of carbonyl (C=O) groups is 1.